The van der Waals surface area contributed by atoms with Gasteiger partial charge in [-0.1, -0.05) is 94.7 Å². The molecular weight excluding hydrogens is 653 g/mol. The fraction of sp³-hybridized carbons (Fsp3) is 0.340. The van der Waals surface area contributed by atoms with Crippen molar-refractivity contribution in [2.75, 3.05) is 18.4 Å². The number of rotatable bonds is 14. The van der Waals surface area contributed by atoms with Crippen LogP contribution in [0, 0.1) is 18.8 Å². The van der Waals surface area contributed by atoms with Crippen molar-refractivity contribution in [2.45, 2.75) is 92.5 Å². The van der Waals surface area contributed by atoms with Crippen molar-refractivity contribution in [2.24, 2.45) is 5.73 Å². The molecule has 4 N–H and O–H groups in total. The fourth-order valence-electron chi connectivity index (χ4n) is 5.06. The molecule has 0 aliphatic carbocycles. The molecule has 1 aromatic carbocycles. The van der Waals surface area contributed by atoms with E-state index in [0.717, 1.165) is 54.3 Å². The van der Waals surface area contributed by atoms with Crippen LogP contribution in [0.15, 0.2) is 142 Å². The van der Waals surface area contributed by atoms with E-state index in [1.54, 1.807) is 6.08 Å². The molecule has 0 radical (unpaired) electrons. The van der Waals surface area contributed by atoms with E-state index in [-0.39, 0.29) is 0 Å². The maximum Gasteiger partial charge on any atom is 0.0783 e. The van der Waals surface area contributed by atoms with Crippen LogP contribution in [0.3, 0.4) is 0 Å². The molecule has 4 nitrogen and oxygen atoms in total. The lowest BCUT2D eigenvalue weighted by Gasteiger charge is -2.36. The van der Waals surface area contributed by atoms with Crippen molar-refractivity contribution in [1.82, 2.24) is 10.2 Å². The molecule has 1 aliphatic heterocycles. The summed E-state index contributed by atoms with van der Waals surface area (Å²) >= 11 is 1.81. The topological polar surface area (TPSA) is 53.3 Å². The number of anilines is 1. The molecule has 1 saturated heterocycles. The molecule has 0 amide bonds. The smallest absolute Gasteiger partial charge is 0.0783 e. The van der Waals surface area contributed by atoms with Gasteiger partial charge in [0.1, 0.15) is 0 Å². The molecule has 1 unspecified atom stereocenters. The third-order valence-corrected chi connectivity index (χ3v) is 8.43. The molecule has 0 spiro atoms. The lowest BCUT2D eigenvalue weighted by Crippen LogP contribution is -2.44. The van der Waals surface area contributed by atoms with Crippen LogP contribution >= 0.6 is 11.3 Å². The summed E-state index contributed by atoms with van der Waals surface area (Å²) < 4.78 is 0. The summed E-state index contributed by atoms with van der Waals surface area (Å²) in [7, 11) is 0. The summed E-state index contributed by atoms with van der Waals surface area (Å²) in [4.78, 5) is 4.98. The Morgan fingerprint density at radius 2 is 1.71 bits per heavy atom. The van der Waals surface area contributed by atoms with Gasteiger partial charge in [-0.3, -0.25) is 0 Å². The molecule has 0 saturated carbocycles. The SMILES string of the molecule is C=C.C=C(C#CC)NC1CCCN(C(/C=C\C)=C/C(=C)Nc2ccc(-c3cc(C(=C)C)c(C)s3)cc2)C1.C=C=CN.C=CC.C=CCCCCCC. The molecule has 5 heteroatoms. The molecule has 1 atom stereocenters. The molecule has 1 fully saturated rings. The van der Waals surface area contributed by atoms with Crippen molar-refractivity contribution in [3.63, 3.8) is 0 Å². The molecule has 1 aliphatic rings. The van der Waals surface area contributed by atoms with Gasteiger partial charge in [0.25, 0.3) is 0 Å². The molecule has 52 heavy (non-hydrogen) atoms. The van der Waals surface area contributed by atoms with E-state index in [2.05, 4.69) is 155 Å². The van der Waals surface area contributed by atoms with Crippen molar-refractivity contribution in [1.29, 1.82) is 0 Å². The number of benzene rings is 1. The number of nitrogens with zero attached hydrogens (tertiary/aromatic N) is 1. The lowest BCUT2D eigenvalue weighted by atomic mass is 10.0. The van der Waals surface area contributed by atoms with Gasteiger partial charge < -0.3 is 21.3 Å². The second kappa shape index (κ2) is 32.1. The van der Waals surface area contributed by atoms with E-state index < -0.39 is 0 Å². The van der Waals surface area contributed by atoms with E-state index in [0.29, 0.717) is 6.04 Å². The van der Waals surface area contributed by atoms with Crippen molar-refractivity contribution in [3.8, 4) is 22.3 Å². The summed E-state index contributed by atoms with van der Waals surface area (Å²) in [6.45, 7) is 42.7. The number of thiophene rings is 1. The van der Waals surface area contributed by atoms with E-state index in [1.165, 1.54) is 59.2 Å². The number of hydrogen-bond donors (Lipinski definition) is 3. The van der Waals surface area contributed by atoms with E-state index >= 15 is 0 Å². The fourth-order valence-corrected chi connectivity index (χ4v) is 6.16. The molecule has 2 heterocycles. The number of allylic oxidation sites excluding steroid dienone is 7. The molecule has 3 rings (SSSR count). The van der Waals surface area contributed by atoms with Gasteiger partial charge in [0, 0.05) is 52.2 Å². The maximum atomic E-state index is 4.73. The zero-order valence-electron chi connectivity index (χ0n) is 33.4. The van der Waals surface area contributed by atoms with Crippen LogP contribution in [0.1, 0.15) is 90.0 Å². The van der Waals surface area contributed by atoms with Crippen molar-refractivity contribution in [3.05, 3.63) is 153 Å². The van der Waals surface area contributed by atoms with Gasteiger partial charge in [-0.15, -0.1) is 43.4 Å². The quantitative estimate of drug-likeness (QED) is 0.0598. The Balaban J connectivity index is 0. The first-order chi connectivity index (χ1) is 25.0. The normalized spacial score (nSPS) is 12.8. The monoisotopic (exact) mass is 721 g/mol. The van der Waals surface area contributed by atoms with Crippen LogP contribution in [-0.4, -0.2) is 24.0 Å². The van der Waals surface area contributed by atoms with Crippen LogP contribution < -0.4 is 16.4 Å². The molecule has 1 aromatic heterocycles. The standard InChI is InChI=1S/C31H37N3S.C8H16.C3H5N.C3H6.C2H4/c1-8-11-23(5)32-28-13-10-18-34(21-28)29(12-9-2)19-24(6)33-27-16-14-26(15-17-27)31-20-30(22(3)4)25(7)35-31;1-3-5-7-8-6-4-2;1-2-3-4;1-3-2;1-2/h9,12,14-17,19-20,28,32-33H,3,5-6,10,13,18,21H2,1-2,4,7H3;3H,1,4-8H2,2H3;3H,1,4H2;3H,1H2,2H3;1-2H2/b12-9-,29-19+;;;;. The predicted octanol–water partition coefficient (Wildman–Crippen LogP) is 13.1. The van der Waals surface area contributed by atoms with E-state index in [9.17, 15) is 0 Å². The van der Waals surface area contributed by atoms with Gasteiger partial charge in [-0.2, -0.15) is 0 Å². The highest BCUT2D eigenvalue weighted by molar-refractivity contribution is 7.15. The first-order valence-electron chi connectivity index (χ1n) is 18.1. The highest BCUT2D eigenvalue weighted by Crippen LogP contribution is 2.34. The Bertz CT molecular complexity index is 1520. The Kier molecular flexibility index (Phi) is 30.3. The Morgan fingerprint density at radius 3 is 2.21 bits per heavy atom. The number of piperidine rings is 1. The Morgan fingerprint density at radius 1 is 1.08 bits per heavy atom. The molecule has 2 aromatic rings. The lowest BCUT2D eigenvalue weighted by molar-refractivity contribution is 0.249. The van der Waals surface area contributed by atoms with Crippen LogP contribution in [-0.2, 0) is 0 Å². The van der Waals surface area contributed by atoms with E-state index in [1.807, 2.05) is 38.2 Å². The number of aryl methyl sites for hydroxylation is 1. The number of likely N-dealkylation sites (tertiary alicyclic amines) is 1. The molecular formula is C47H68N4S. The third-order valence-electron chi connectivity index (χ3n) is 7.33. The Labute approximate surface area is 323 Å². The van der Waals surface area contributed by atoms with Gasteiger partial charge in [-0.05, 0) is 107 Å². The second-order valence-corrected chi connectivity index (χ2v) is 13.1. The average Bonchev–Trinajstić information content (AvgIpc) is 3.54. The molecule has 0 bridgehead atoms. The van der Waals surface area contributed by atoms with Gasteiger partial charge >= 0.3 is 0 Å². The Hall–Kier alpha value is -4.88. The summed E-state index contributed by atoms with van der Waals surface area (Å²) in [5, 5.41) is 6.92. The zero-order valence-corrected chi connectivity index (χ0v) is 34.2. The van der Waals surface area contributed by atoms with E-state index in [4.69, 9.17) is 5.73 Å². The van der Waals surface area contributed by atoms with Gasteiger partial charge in [0.05, 0.1) is 5.70 Å². The number of unbranched alkanes of at least 4 members (excludes halogenated alkanes) is 4. The summed E-state index contributed by atoms with van der Waals surface area (Å²) in [5.41, 5.74) is 14.5. The second-order valence-electron chi connectivity index (χ2n) is 11.9. The maximum absolute atomic E-state index is 4.73. The van der Waals surface area contributed by atoms with Gasteiger partial charge in [-0.25, -0.2) is 0 Å². The van der Waals surface area contributed by atoms with Crippen LogP contribution in [0.25, 0.3) is 16.0 Å². The largest absolute Gasteiger partial charge is 0.398 e. The number of nitrogens with one attached hydrogen (secondary N) is 2. The van der Waals surface area contributed by atoms with Crippen molar-refractivity contribution < 1.29 is 0 Å². The minimum absolute atomic E-state index is 0.339. The van der Waals surface area contributed by atoms with Gasteiger partial charge in [0.15, 0.2) is 0 Å². The third kappa shape index (κ3) is 22.0. The van der Waals surface area contributed by atoms with Crippen molar-refractivity contribution >= 4 is 22.6 Å². The minimum Gasteiger partial charge on any atom is -0.398 e. The predicted molar refractivity (Wildman–Crippen MR) is 239 cm³/mol. The van der Waals surface area contributed by atoms with Gasteiger partial charge in [0.2, 0.25) is 0 Å². The first kappa shape index (κ1) is 49.2. The summed E-state index contributed by atoms with van der Waals surface area (Å²) in [6, 6.07) is 11.1. The summed E-state index contributed by atoms with van der Waals surface area (Å²) in [5.74, 6) is 5.92. The molecule has 282 valence electrons. The van der Waals surface area contributed by atoms with Crippen LogP contribution in [0.2, 0.25) is 0 Å². The average molecular weight is 721 g/mol. The number of nitrogens with two attached hydrogens (primary N) is 1. The zero-order chi connectivity index (χ0) is 39.7. The van der Waals surface area contributed by atoms with Crippen LogP contribution in [0.4, 0.5) is 5.69 Å². The highest BCUT2D eigenvalue weighted by Gasteiger charge is 2.20. The minimum atomic E-state index is 0.339. The van der Waals surface area contributed by atoms with Crippen LogP contribution in [0.5, 0.6) is 0 Å². The first-order valence-corrected chi connectivity index (χ1v) is 18.9. The number of hydrogen-bond acceptors (Lipinski definition) is 5. The summed E-state index contributed by atoms with van der Waals surface area (Å²) in [6.07, 6.45) is 20.2. The highest BCUT2D eigenvalue weighted by atomic mass is 32.1.